The summed E-state index contributed by atoms with van der Waals surface area (Å²) in [6.45, 7) is 0.533. The lowest BCUT2D eigenvalue weighted by atomic mass is 10.1. The van der Waals surface area contributed by atoms with Crippen LogP contribution in [0.5, 0.6) is 11.5 Å². The number of terminal acetylenes is 1. The number of aromatic nitrogens is 1. The number of ether oxygens (including phenoxy) is 2. The maximum atomic E-state index is 12.5. The molecule has 0 bridgehead atoms. The highest BCUT2D eigenvalue weighted by molar-refractivity contribution is 7.16. The predicted octanol–water partition coefficient (Wildman–Crippen LogP) is 3.39. The molecule has 130 valence electrons. The minimum absolute atomic E-state index is 0.168. The number of fused-ring (bicyclic) bond motifs is 2. The lowest BCUT2D eigenvalue weighted by Crippen LogP contribution is -2.17. The highest BCUT2D eigenvalue weighted by Crippen LogP contribution is 2.32. The van der Waals surface area contributed by atoms with Gasteiger partial charge in [0.2, 0.25) is 6.79 Å². The van der Waals surface area contributed by atoms with Gasteiger partial charge in [-0.25, -0.2) is 0 Å². The molecule has 4 rings (SSSR count). The zero-order valence-corrected chi connectivity index (χ0v) is 15.1. The largest absolute Gasteiger partial charge is 0.454 e. The van der Waals surface area contributed by atoms with E-state index in [9.17, 15) is 4.79 Å². The molecule has 1 aromatic heterocycles. The Kier molecular flexibility index (Phi) is 4.41. The molecule has 7 heteroatoms. The van der Waals surface area contributed by atoms with E-state index in [2.05, 4.69) is 10.9 Å². The van der Waals surface area contributed by atoms with Gasteiger partial charge < -0.3 is 14.0 Å². The molecule has 0 aliphatic carbocycles. The highest BCUT2D eigenvalue weighted by Gasteiger charge is 2.14. The van der Waals surface area contributed by atoms with Crippen molar-refractivity contribution >= 4 is 39.1 Å². The lowest BCUT2D eigenvalue weighted by Gasteiger charge is -2.01. The van der Waals surface area contributed by atoms with Crippen molar-refractivity contribution in [1.82, 2.24) is 4.57 Å². The van der Waals surface area contributed by atoms with Gasteiger partial charge in [-0.15, -0.1) is 6.42 Å². The van der Waals surface area contributed by atoms with Gasteiger partial charge in [0, 0.05) is 5.02 Å². The van der Waals surface area contributed by atoms with E-state index in [0.29, 0.717) is 27.9 Å². The van der Waals surface area contributed by atoms with Crippen molar-refractivity contribution in [2.75, 3.05) is 6.79 Å². The second-order valence-corrected chi connectivity index (χ2v) is 7.10. The summed E-state index contributed by atoms with van der Waals surface area (Å²) in [7, 11) is 0. The smallest absolute Gasteiger partial charge is 0.252 e. The molecule has 0 saturated carbocycles. The summed E-state index contributed by atoms with van der Waals surface area (Å²) in [5.74, 6) is 3.68. The number of carbonyl (C=O) groups is 1. The van der Waals surface area contributed by atoms with E-state index < -0.39 is 0 Å². The fraction of sp³-hybridized carbons (Fsp3) is 0.158. The number of rotatable bonds is 3. The van der Waals surface area contributed by atoms with Crippen LogP contribution in [-0.4, -0.2) is 17.3 Å². The first kappa shape index (κ1) is 16.7. The van der Waals surface area contributed by atoms with Gasteiger partial charge in [-0.3, -0.25) is 4.79 Å². The number of halogens is 1. The lowest BCUT2D eigenvalue weighted by molar-refractivity contribution is -0.117. The van der Waals surface area contributed by atoms with Gasteiger partial charge in [0.1, 0.15) is 0 Å². The van der Waals surface area contributed by atoms with Crippen molar-refractivity contribution in [3.63, 3.8) is 0 Å². The Bertz CT molecular complexity index is 1120. The summed E-state index contributed by atoms with van der Waals surface area (Å²) in [6, 6.07) is 11.0. The first-order valence-electron chi connectivity index (χ1n) is 7.82. The number of carbonyl (C=O) groups excluding carboxylic acids is 1. The van der Waals surface area contributed by atoms with Crippen LogP contribution >= 0.6 is 22.9 Å². The van der Waals surface area contributed by atoms with E-state index in [4.69, 9.17) is 27.5 Å². The standard InChI is InChI=1S/C19H13ClN2O3S/c1-2-7-22-14-5-4-13(20)10-17(14)26-19(22)21-18(23)9-12-3-6-15-16(8-12)25-11-24-15/h1,3-6,8,10H,7,9,11H2. The monoisotopic (exact) mass is 384 g/mol. The summed E-state index contributed by atoms with van der Waals surface area (Å²) in [4.78, 5) is 17.3. The van der Waals surface area contributed by atoms with Crippen LogP contribution in [-0.2, 0) is 17.8 Å². The van der Waals surface area contributed by atoms with Crippen LogP contribution in [0.15, 0.2) is 41.4 Å². The average molecular weight is 385 g/mol. The highest BCUT2D eigenvalue weighted by atomic mass is 35.5. The first-order valence-corrected chi connectivity index (χ1v) is 9.02. The van der Waals surface area contributed by atoms with Crippen LogP contribution in [0.4, 0.5) is 0 Å². The maximum absolute atomic E-state index is 12.5. The van der Waals surface area contributed by atoms with Crippen molar-refractivity contribution in [1.29, 1.82) is 0 Å². The fourth-order valence-electron chi connectivity index (χ4n) is 2.75. The first-order chi connectivity index (χ1) is 12.6. The van der Waals surface area contributed by atoms with Crippen LogP contribution in [0.1, 0.15) is 5.56 Å². The Labute approximate surface area is 158 Å². The van der Waals surface area contributed by atoms with E-state index >= 15 is 0 Å². The second-order valence-electron chi connectivity index (χ2n) is 5.66. The Morgan fingerprint density at radius 2 is 2.12 bits per heavy atom. The van der Waals surface area contributed by atoms with Gasteiger partial charge in [-0.2, -0.15) is 4.99 Å². The van der Waals surface area contributed by atoms with Gasteiger partial charge in [-0.05, 0) is 35.9 Å². The summed E-state index contributed by atoms with van der Waals surface area (Å²) in [5, 5.41) is 0.629. The van der Waals surface area contributed by atoms with E-state index in [1.54, 1.807) is 18.2 Å². The topological polar surface area (TPSA) is 52.8 Å². The molecule has 3 aromatic rings. The number of hydrogen-bond acceptors (Lipinski definition) is 4. The minimum Gasteiger partial charge on any atom is -0.454 e. The molecule has 1 amide bonds. The third-order valence-corrected chi connectivity index (χ3v) is 5.18. The molecule has 0 saturated heterocycles. The van der Waals surface area contributed by atoms with Crippen LogP contribution in [0, 0.1) is 12.3 Å². The molecule has 0 atom stereocenters. The molecular weight excluding hydrogens is 372 g/mol. The quantitative estimate of drug-likeness (QED) is 0.650. The summed E-state index contributed by atoms with van der Waals surface area (Å²) in [5.41, 5.74) is 1.72. The van der Waals surface area contributed by atoms with Crippen LogP contribution in [0.3, 0.4) is 0 Å². The zero-order chi connectivity index (χ0) is 18.1. The van der Waals surface area contributed by atoms with Crippen molar-refractivity contribution in [2.24, 2.45) is 4.99 Å². The van der Waals surface area contributed by atoms with Crippen LogP contribution in [0.25, 0.3) is 10.2 Å². The normalized spacial score (nSPS) is 13.2. The molecule has 2 heterocycles. The van der Waals surface area contributed by atoms with Gasteiger partial charge in [0.25, 0.3) is 5.91 Å². The van der Waals surface area contributed by atoms with Crippen LogP contribution in [0.2, 0.25) is 5.02 Å². The molecule has 0 spiro atoms. The van der Waals surface area contributed by atoms with E-state index in [1.165, 1.54) is 11.3 Å². The van der Waals surface area contributed by atoms with Crippen molar-refractivity contribution in [2.45, 2.75) is 13.0 Å². The SMILES string of the molecule is C#CCn1c(=NC(=O)Cc2ccc3c(c2)OCO3)sc2cc(Cl)ccc21. The van der Waals surface area contributed by atoms with Crippen molar-refractivity contribution in [3.8, 4) is 23.8 Å². The van der Waals surface area contributed by atoms with E-state index in [1.807, 2.05) is 22.8 Å². The maximum Gasteiger partial charge on any atom is 0.252 e. The van der Waals surface area contributed by atoms with E-state index in [0.717, 1.165) is 15.8 Å². The molecule has 2 aromatic carbocycles. The zero-order valence-electron chi connectivity index (χ0n) is 13.6. The Morgan fingerprint density at radius 1 is 1.27 bits per heavy atom. The molecular formula is C19H13ClN2O3S. The molecule has 5 nitrogen and oxygen atoms in total. The Hall–Kier alpha value is -2.75. The van der Waals surface area contributed by atoms with Crippen molar-refractivity contribution in [3.05, 3.63) is 51.8 Å². The molecule has 1 aliphatic rings. The van der Waals surface area contributed by atoms with Gasteiger partial charge in [0.05, 0.1) is 23.2 Å². The third-order valence-electron chi connectivity index (χ3n) is 3.91. The Balaban J connectivity index is 1.68. The summed E-state index contributed by atoms with van der Waals surface area (Å²) < 4.78 is 13.4. The second kappa shape index (κ2) is 6.87. The number of hydrogen-bond donors (Lipinski definition) is 0. The van der Waals surface area contributed by atoms with Gasteiger partial charge >= 0.3 is 0 Å². The van der Waals surface area contributed by atoms with Gasteiger partial charge in [-0.1, -0.05) is 34.9 Å². The van der Waals surface area contributed by atoms with Gasteiger partial charge in [0.15, 0.2) is 16.3 Å². The van der Waals surface area contributed by atoms with Crippen molar-refractivity contribution < 1.29 is 14.3 Å². The molecule has 0 fully saturated rings. The fourth-order valence-corrected chi connectivity index (χ4v) is 4.07. The molecule has 1 aliphatic heterocycles. The minimum atomic E-state index is -0.257. The predicted molar refractivity (Wildman–Crippen MR) is 100 cm³/mol. The molecule has 26 heavy (non-hydrogen) atoms. The van der Waals surface area contributed by atoms with E-state index in [-0.39, 0.29) is 19.1 Å². The number of benzene rings is 2. The molecule has 0 radical (unpaired) electrons. The Morgan fingerprint density at radius 3 is 2.96 bits per heavy atom. The molecule has 0 unspecified atom stereocenters. The van der Waals surface area contributed by atoms with Crippen LogP contribution < -0.4 is 14.3 Å². The third kappa shape index (κ3) is 3.19. The summed E-state index contributed by atoms with van der Waals surface area (Å²) in [6.07, 6.45) is 5.64. The summed E-state index contributed by atoms with van der Waals surface area (Å²) >= 11 is 7.44. The number of amides is 1. The number of thiazole rings is 1. The molecule has 0 N–H and O–H groups in total. The number of nitrogens with zero attached hydrogens (tertiary/aromatic N) is 2. The average Bonchev–Trinajstić information content (AvgIpc) is 3.19.